The standard InChI is InChI=1S/C18H24N2O2/c1-20(14-16-7-5-15(13-19)6-8-16)17(21)18(11-12-22-2)9-3-4-10-18/h5-8H,3-4,9-12,14H2,1-2H3. The lowest BCUT2D eigenvalue weighted by atomic mass is 9.81. The van der Waals surface area contributed by atoms with Gasteiger partial charge in [0.1, 0.15) is 0 Å². The Hall–Kier alpha value is -1.86. The van der Waals surface area contributed by atoms with E-state index in [-0.39, 0.29) is 11.3 Å². The Morgan fingerprint density at radius 2 is 1.95 bits per heavy atom. The summed E-state index contributed by atoms with van der Waals surface area (Å²) < 4.78 is 5.20. The summed E-state index contributed by atoms with van der Waals surface area (Å²) in [5.74, 6) is 0.228. The molecule has 118 valence electrons. The molecule has 1 aliphatic carbocycles. The molecule has 1 aliphatic rings. The maximum absolute atomic E-state index is 12.9. The van der Waals surface area contributed by atoms with Crippen LogP contribution in [0.15, 0.2) is 24.3 Å². The van der Waals surface area contributed by atoms with Crippen molar-refractivity contribution in [2.24, 2.45) is 5.41 Å². The average Bonchev–Trinajstić information content (AvgIpc) is 3.03. The van der Waals surface area contributed by atoms with Crippen molar-refractivity contribution >= 4 is 5.91 Å². The topological polar surface area (TPSA) is 53.3 Å². The van der Waals surface area contributed by atoms with Crippen molar-refractivity contribution < 1.29 is 9.53 Å². The van der Waals surface area contributed by atoms with Gasteiger partial charge in [0.15, 0.2) is 0 Å². The molecular weight excluding hydrogens is 276 g/mol. The zero-order valence-electron chi connectivity index (χ0n) is 13.5. The Kier molecular flexibility index (Phi) is 5.57. The smallest absolute Gasteiger partial charge is 0.228 e. The third-order valence-corrected chi connectivity index (χ3v) is 4.65. The highest BCUT2D eigenvalue weighted by Crippen LogP contribution is 2.42. The van der Waals surface area contributed by atoms with E-state index in [4.69, 9.17) is 10.00 Å². The lowest BCUT2D eigenvalue weighted by molar-refractivity contribution is -0.142. The first kappa shape index (κ1) is 16.5. The molecule has 0 atom stereocenters. The molecule has 1 amide bonds. The largest absolute Gasteiger partial charge is 0.385 e. The summed E-state index contributed by atoms with van der Waals surface area (Å²) in [4.78, 5) is 14.7. The normalized spacial score (nSPS) is 16.2. The summed E-state index contributed by atoms with van der Waals surface area (Å²) in [5, 5.41) is 8.83. The summed E-state index contributed by atoms with van der Waals surface area (Å²) in [6.07, 6.45) is 4.99. The second-order valence-electron chi connectivity index (χ2n) is 6.20. The Balaban J connectivity index is 2.04. The van der Waals surface area contributed by atoms with Crippen LogP contribution in [0.5, 0.6) is 0 Å². The quantitative estimate of drug-likeness (QED) is 0.811. The molecule has 0 N–H and O–H groups in total. The summed E-state index contributed by atoms with van der Waals surface area (Å²) >= 11 is 0. The highest BCUT2D eigenvalue weighted by Gasteiger charge is 2.42. The molecule has 2 rings (SSSR count). The van der Waals surface area contributed by atoms with Crippen LogP contribution in [-0.2, 0) is 16.1 Å². The molecule has 0 aromatic heterocycles. The number of carbonyl (C=O) groups is 1. The molecule has 22 heavy (non-hydrogen) atoms. The highest BCUT2D eigenvalue weighted by atomic mass is 16.5. The van der Waals surface area contributed by atoms with Gasteiger partial charge in [-0.25, -0.2) is 0 Å². The number of nitriles is 1. The molecule has 0 spiro atoms. The molecule has 0 unspecified atom stereocenters. The zero-order chi connectivity index (χ0) is 16.0. The minimum Gasteiger partial charge on any atom is -0.385 e. The van der Waals surface area contributed by atoms with Crippen molar-refractivity contribution in [3.05, 3.63) is 35.4 Å². The Morgan fingerprint density at radius 3 is 2.50 bits per heavy atom. The molecule has 0 saturated heterocycles. The summed E-state index contributed by atoms with van der Waals surface area (Å²) in [7, 11) is 3.56. The molecule has 4 nitrogen and oxygen atoms in total. The predicted octanol–water partition coefficient (Wildman–Crippen LogP) is 3.11. The van der Waals surface area contributed by atoms with Gasteiger partial charge < -0.3 is 9.64 Å². The van der Waals surface area contributed by atoms with E-state index in [0.29, 0.717) is 18.7 Å². The second-order valence-corrected chi connectivity index (χ2v) is 6.20. The summed E-state index contributed by atoms with van der Waals surface area (Å²) in [6, 6.07) is 9.53. The minimum atomic E-state index is -0.239. The number of nitrogens with zero attached hydrogens (tertiary/aromatic N) is 2. The van der Waals surface area contributed by atoms with Gasteiger partial charge in [0.2, 0.25) is 5.91 Å². The van der Waals surface area contributed by atoms with E-state index < -0.39 is 0 Å². The van der Waals surface area contributed by atoms with Gasteiger partial charge in [-0.1, -0.05) is 25.0 Å². The predicted molar refractivity (Wildman–Crippen MR) is 85.0 cm³/mol. The first-order valence-corrected chi connectivity index (χ1v) is 7.85. The Morgan fingerprint density at radius 1 is 1.32 bits per heavy atom. The van der Waals surface area contributed by atoms with Crippen molar-refractivity contribution in [3.8, 4) is 6.07 Å². The van der Waals surface area contributed by atoms with Crippen LogP contribution in [0.1, 0.15) is 43.2 Å². The number of hydrogen-bond acceptors (Lipinski definition) is 3. The third-order valence-electron chi connectivity index (χ3n) is 4.65. The molecule has 0 aliphatic heterocycles. The number of benzene rings is 1. The van der Waals surface area contributed by atoms with Gasteiger partial charge in [0.05, 0.1) is 17.0 Å². The van der Waals surface area contributed by atoms with Crippen molar-refractivity contribution in [2.75, 3.05) is 20.8 Å². The molecule has 4 heteroatoms. The first-order chi connectivity index (χ1) is 10.6. The Bertz CT molecular complexity index is 539. The van der Waals surface area contributed by atoms with E-state index in [1.807, 2.05) is 24.1 Å². The van der Waals surface area contributed by atoms with Gasteiger partial charge in [-0.3, -0.25) is 4.79 Å². The number of carbonyl (C=O) groups excluding carboxylic acids is 1. The van der Waals surface area contributed by atoms with Crippen molar-refractivity contribution in [1.82, 2.24) is 4.90 Å². The van der Waals surface area contributed by atoms with Crippen LogP contribution in [0.2, 0.25) is 0 Å². The van der Waals surface area contributed by atoms with E-state index in [1.54, 1.807) is 19.2 Å². The number of rotatable bonds is 6. The van der Waals surface area contributed by atoms with Crippen LogP contribution in [0.3, 0.4) is 0 Å². The van der Waals surface area contributed by atoms with E-state index in [9.17, 15) is 4.79 Å². The van der Waals surface area contributed by atoms with Gasteiger partial charge in [-0.05, 0) is 37.0 Å². The lowest BCUT2D eigenvalue weighted by Gasteiger charge is -2.32. The molecule has 0 radical (unpaired) electrons. The van der Waals surface area contributed by atoms with Crippen molar-refractivity contribution in [1.29, 1.82) is 5.26 Å². The number of hydrogen-bond donors (Lipinski definition) is 0. The molecule has 1 aromatic rings. The minimum absolute atomic E-state index is 0.228. The molecule has 1 fully saturated rings. The van der Waals surface area contributed by atoms with Gasteiger partial charge in [0.25, 0.3) is 0 Å². The monoisotopic (exact) mass is 300 g/mol. The average molecular weight is 300 g/mol. The third kappa shape index (κ3) is 3.66. The van der Waals surface area contributed by atoms with Crippen molar-refractivity contribution in [3.63, 3.8) is 0 Å². The Labute approximate surface area is 132 Å². The van der Waals surface area contributed by atoms with Gasteiger partial charge in [-0.15, -0.1) is 0 Å². The summed E-state index contributed by atoms with van der Waals surface area (Å²) in [5.41, 5.74) is 1.46. The number of ether oxygens (including phenoxy) is 1. The van der Waals surface area contributed by atoms with Crippen molar-refractivity contribution in [2.45, 2.75) is 38.6 Å². The van der Waals surface area contributed by atoms with Crippen LogP contribution < -0.4 is 0 Å². The SMILES string of the molecule is COCCC1(C(=O)N(C)Cc2ccc(C#N)cc2)CCCC1. The van der Waals surface area contributed by atoms with E-state index in [0.717, 1.165) is 37.7 Å². The zero-order valence-corrected chi connectivity index (χ0v) is 13.5. The fourth-order valence-corrected chi connectivity index (χ4v) is 3.36. The number of methoxy groups -OCH3 is 1. The first-order valence-electron chi connectivity index (χ1n) is 7.85. The maximum atomic E-state index is 12.9. The van der Waals surface area contributed by atoms with E-state index >= 15 is 0 Å². The van der Waals surface area contributed by atoms with Gasteiger partial charge >= 0.3 is 0 Å². The van der Waals surface area contributed by atoms with Crippen LogP contribution in [-0.4, -0.2) is 31.6 Å². The molecule has 0 heterocycles. The maximum Gasteiger partial charge on any atom is 0.228 e. The molecule has 0 bridgehead atoms. The van der Waals surface area contributed by atoms with Gasteiger partial charge in [0, 0.05) is 27.3 Å². The lowest BCUT2D eigenvalue weighted by Crippen LogP contribution is -2.40. The fraction of sp³-hybridized carbons (Fsp3) is 0.556. The van der Waals surface area contributed by atoms with Crippen LogP contribution in [0.4, 0.5) is 0 Å². The van der Waals surface area contributed by atoms with Crippen LogP contribution >= 0.6 is 0 Å². The highest BCUT2D eigenvalue weighted by molar-refractivity contribution is 5.82. The van der Waals surface area contributed by atoms with Crippen LogP contribution in [0.25, 0.3) is 0 Å². The van der Waals surface area contributed by atoms with Gasteiger partial charge in [-0.2, -0.15) is 5.26 Å². The molecule has 1 aromatic carbocycles. The van der Waals surface area contributed by atoms with E-state index in [2.05, 4.69) is 6.07 Å². The second kappa shape index (κ2) is 7.42. The summed E-state index contributed by atoms with van der Waals surface area (Å²) in [6.45, 7) is 1.22. The molecule has 1 saturated carbocycles. The molecular formula is C18H24N2O2. The van der Waals surface area contributed by atoms with E-state index in [1.165, 1.54) is 0 Å². The fourth-order valence-electron chi connectivity index (χ4n) is 3.36. The number of amides is 1. The van der Waals surface area contributed by atoms with Crippen LogP contribution in [0, 0.1) is 16.7 Å².